The van der Waals surface area contributed by atoms with Crippen molar-refractivity contribution in [2.45, 2.75) is 44.4 Å². The zero-order chi connectivity index (χ0) is 15.2. The fourth-order valence-corrected chi connectivity index (χ4v) is 2.90. The third-order valence-corrected chi connectivity index (χ3v) is 4.22. The first kappa shape index (κ1) is 15.9. The van der Waals surface area contributed by atoms with Crippen LogP contribution in [-0.2, 0) is 4.79 Å². The molecule has 3 unspecified atom stereocenters. The number of carbonyl (C=O) groups is 1. The summed E-state index contributed by atoms with van der Waals surface area (Å²) in [6, 6.07) is 11.1. The third-order valence-electron chi connectivity index (χ3n) is 4.22. The van der Waals surface area contributed by atoms with E-state index in [1.165, 1.54) is 5.56 Å². The molecular formula is C16H26N3O2+. The lowest BCUT2D eigenvalue weighted by molar-refractivity contribution is -0.469. The average molecular weight is 292 g/mol. The quantitative estimate of drug-likeness (QED) is 0.679. The van der Waals surface area contributed by atoms with Gasteiger partial charge in [-0.05, 0) is 25.3 Å². The Morgan fingerprint density at radius 1 is 1.38 bits per heavy atom. The van der Waals surface area contributed by atoms with Crippen molar-refractivity contribution in [2.24, 2.45) is 0 Å². The average Bonchev–Trinajstić information content (AvgIpc) is 2.48. The van der Waals surface area contributed by atoms with E-state index in [1.54, 1.807) is 0 Å². The zero-order valence-electron chi connectivity index (χ0n) is 12.7. The molecule has 1 aliphatic rings. The topological polar surface area (TPSA) is 80.2 Å². The molecule has 21 heavy (non-hydrogen) atoms. The Morgan fingerprint density at radius 2 is 2.10 bits per heavy atom. The fraction of sp³-hybridized carbons (Fsp3) is 0.562. The first-order valence-electron chi connectivity index (χ1n) is 7.68. The van der Waals surface area contributed by atoms with Gasteiger partial charge in [0.15, 0.2) is 6.17 Å². The normalized spacial score (nSPS) is 26.7. The van der Waals surface area contributed by atoms with E-state index in [0.717, 1.165) is 25.9 Å². The van der Waals surface area contributed by atoms with Gasteiger partial charge in [0.2, 0.25) is 0 Å². The molecule has 0 amide bonds. The van der Waals surface area contributed by atoms with E-state index in [0.29, 0.717) is 12.1 Å². The molecule has 0 saturated carbocycles. The fourth-order valence-electron chi connectivity index (χ4n) is 2.90. The van der Waals surface area contributed by atoms with Crippen molar-refractivity contribution in [3.8, 4) is 0 Å². The number of hydrogen-bond donors (Lipinski definition) is 3. The number of quaternary nitrogens is 1. The van der Waals surface area contributed by atoms with E-state index in [2.05, 4.69) is 47.1 Å². The molecule has 0 aromatic heterocycles. The third kappa shape index (κ3) is 4.52. The van der Waals surface area contributed by atoms with Gasteiger partial charge in [-0.1, -0.05) is 30.3 Å². The Labute approximate surface area is 126 Å². The van der Waals surface area contributed by atoms with Crippen LogP contribution < -0.4 is 11.1 Å². The second-order valence-corrected chi connectivity index (χ2v) is 5.83. The van der Waals surface area contributed by atoms with Crippen molar-refractivity contribution in [3.05, 3.63) is 35.9 Å². The monoisotopic (exact) mass is 292 g/mol. The minimum atomic E-state index is -0.711. The van der Waals surface area contributed by atoms with Crippen LogP contribution in [0.15, 0.2) is 30.3 Å². The van der Waals surface area contributed by atoms with Gasteiger partial charge in [0.25, 0.3) is 0 Å². The number of nitrogens with zero attached hydrogens (tertiary/aromatic N) is 1. The molecule has 1 aromatic carbocycles. The van der Waals surface area contributed by atoms with E-state index in [-0.39, 0.29) is 12.6 Å². The molecule has 2 rings (SSSR count). The zero-order valence-corrected chi connectivity index (χ0v) is 12.7. The smallest absolute Gasteiger partial charge is 0.303 e. The highest BCUT2D eigenvalue weighted by Gasteiger charge is 2.33. The van der Waals surface area contributed by atoms with Crippen LogP contribution in [0.25, 0.3) is 0 Å². The summed E-state index contributed by atoms with van der Waals surface area (Å²) >= 11 is 0. The van der Waals surface area contributed by atoms with Crippen LogP contribution in [0.4, 0.5) is 0 Å². The summed E-state index contributed by atoms with van der Waals surface area (Å²) in [6.45, 7) is 4.00. The molecule has 1 aromatic rings. The van der Waals surface area contributed by atoms with E-state index in [1.807, 2.05) is 6.07 Å². The van der Waals surface area contributed by atoms with Crippen molar-refractivity contribution in [1.82, 2.24) is 10.2 Å². The second kappa shape index (κ2) is 7.54. The van der Waals surface area contributed by atoms with Crippen molar-refractivity contribution < 1.29 is 15.6 Å². The van der Waals surface area contributed by atoms with Gasteiger partial charge in [0, 0.05) is 25.6 Å². The Kier molecular flexibility index (Phi) is 5.73. The summed E-state index contributed by atoms with van der Waals surface area (Å²) in [5.41, 5.74) is 5.55. The first-order valence-corrected chi connectivity index (χ1v) is 7.68. The molecule has 5 nitrogen and oxygen atoms in total. The molecule has 1 heterocycles. The molecule has 116 valence electrons. The Hall–Kier alpha value is -1.43. The second-order valence-electron chi connectivity index (χ2n) is 5.83. The van der Waals surface area contributed by atoms with Gasteiger partial charge in [-0.15, -0.1) is 0 Å². The molecule has 5 heteroatoms. The summed E-state index contributed by atoms with van der Waals surface area (Å²) < 4.78 is 0. The maximum atomic E-state index is 10.6. The van der Waals surface area contributed by atoms with Gasteiger partial charge in [-0.25, -0.2) is 0 Å². The summed E-state index contributed by atoms with van der Waals surface area (Å²) in [4.78, 5) is 12.9. The van der Waals surface area contributed by atoms with Gasteiger partial charge in [-0.2, -0.15) is 0 Å². The summed E-state index contributed by atoms with van der Waals surface area (Å²) in [7, 11) is 0. The Morgan fingerprint density at radius 3 is 2.76 bits per heavy atom. The molecule has 1 fully saturated rings. The summed E-state index contributed by atoms with van der Waals surface area (Å²) in [5, 5.41) is 12.3. The van der Waals surface area contributed by atoms with Gasteiger partial charge < -0.3 is 10.8 Å². The van der Waals surface area contributed by atoms with Crippen molar-refractivity contribution in [1.29, 1.82) is 0 Å². The predicted octanol–water partition coefficient (Wildman–Crippen LogP) is 0.844. The molecule has 3 atom stereocenters. The van der Waals surface area contributed by atoms with Crippen LogP contribution >= 0.6 is 0 Å². The molecule has 0 radical (unpaired) electrons. The lowest BCUT2D eigenvalue weighted by Gasteiger charge is -2.40. The number of hydrogen-bond acceptors (Lipinski definition) is 3. The van der Waals surface area contributed by atoms with E-state index in [9.17, 15) is 4.79 Å². The minimum Gasteiger partial charge on any atom is -0.481 e. The van der Waals surface area contributed by atoms with Gasteiger partial charge in [0.05, 0.1) is 6.04 Å². The van der Waals surface area contributed by atoms with E-state index >= 15 is 0 Å². The van der Waals surface area contributed by atoms with Crippen LogP contribution in [0, 0.1) is 0 Å². The Bertz CT molecular complexity index is 452. The highest BCUT2D eigenvalue weighted by molar-refractivity contribution is 5.66. The highest BCUT2D eigenvalue weighted by atomic mass is 16.4. The largest absolute Gasteiger partial charge is 0.481 e. The number of carboxylic acid groups (broad SMARTS) is 1. The van der Waals surface area contributed by atoms with Crippen molar-refractivity contribution in [3.63, 3.8) is 0 Å². The minimum absolute atomic E-state index is 0.231. The van der Waals surface area contributed by atoms with E-state index in [4.69, 9.17) is 5.11 Å². The van der Waals surface area contributed by atoms with Gasteiger partial charge in [0.1, 0.15) is 0 Å². The lowest BCUT2D eigenvalue weighted by Crippen LogP contribution is -2.78. The summed E-state index contributed by atoms with van der Waals surface area (Å²) in [6.07, 6.45) is 2.13. The number of unbranched alkanes of at least 4 members (excludes halogenated alkanes) is 1. The SMILES string of the molecule is CC1NC(c2ccccc2)CN(CCCCC(=O)O)C1[NH3+]. The van der Waals surface area contributed by atoms with Crippen LogP contribution in [0.5, 0.6) is 0 Å². The standard InChI is InChI=1S/C16H25N3O2/c1-12-16(17)19(10-6-5-9-15(20)21)11-14(18-12)13-7-3-2-4-8-13/h2-4,7-8,12,14,16,18H,5-6,9-11,17H2,1H3,(H,20,21)/p+1. The number of benzene rings is 1. The number of aliphatic carboxylic acids is 1. The number of piperazine rings is 1. The molecule has 5 N–H and O–H groups in total. The number of rotatable bonds is 6. The molecule has 1 aliphatic heterocycles. The van der Waals surface area contributed by atoms with Crippen LogP contribution in [0.2, 0.25) is 0 Å². The number of nitrogens with one attached hydrogen (secondary N) is 1. The maximum absolute atomic E-state index is 10.6. The van der Waals surface area contributed by atoms with Gasteiger partial charge >= 0.3 is 5.97 Å². The maximum Gasteiger partial charge on any atom is 0.303 e. The number of carboxylic acids is 1. The molecule has 0 bridgehead atoms. The molecule has 1 saturated heterocycles. The van der Waals surface area contributed by atoms with E-state index < -0.39 is 5.97 Å². The van der Waals surface area contributed by atoms with Crippen LogP contribution in [0.1, 0.15) is 37.8 Å². The van der Waals surface area contributed by atoms with Crippen molar-refractivity contribution in [2.75, 3.05) is 13.1 Å². The predicted molar refractivity (Wildman–Crippen MR) is 81.5 cm³/mol. The molecule has 0 spiro atoms. The van der Waals surface area contributed by atoms with Crippen LogP contribution in [0.3, 0.4) is 0 Å². The Balaban J connectivity index is 1.91. The highest BCUT2D eigenvalue weighted by Crippen LogP contribution is 2.21. The van der Waals surface area contributed by atoms with Crippen LogP contribution in [-0.4, -0.2) is 41.3 Å². The van der Waals surface area contributed by atoms with Gasteiger partial charge in [-0.3, -0.25) is 15.0 Å². The lowest BCUT2D eigenvalue weighted by atomic mass is 10.0. The first-order chi connectivity index (χ1) is 10.1. The molecule has 0 aliphatic carbocycles. The van der Waals surface area contributed by atoms with Crippen molar-refractivity contribution >= 4 is 5.97 Å². The molecular weight excluding hydrogens is 266 g/mol. The summed E-state index contributed by atoms with van der Waals surface area (Å²) in [5.74, 6) is -0.711.